The number of fused-ring (bicyclic) bond motifs is 2. The molecule has 0 aliphatic rings. The normalized spacial score (nSPS) is 9.88. The van der Waals surface area contributed by atoms with E-state index >= 15 is 0 Å². The predicted molar refractivity (Wildman–Crippen MR) is 155 cm³/mol. The van der Waals surface area contributed by atoms with Crippen LogP contribution in [0.25, 0.3) is 21.5 Å². The van der Waals surface area contributed by atoms with Crippen molar-refractivity contribution in [3.8, 4) is 11.5 Å². The minimum atomic E-state index is -1.47. The van der Waals surface area contributed by atoms with Crippen LogP contribution in [0, 0.1) is 0 Å². The zero-order chi connectivity index (χ0) is 29.1. The van der Waals surface area contributed by atoms with E-state index in [1.165, 1.54) is 6.07 Å². The molecule has 0 bridgehead atoms. The standard InChI is InChI=1S/C16H15ClO4.C14H11ClO4.Na.H2O/c1-2-20-16(19)15(18)13-7-8-14(21-10-9-17)12-6-4-3-5-11(12)13;15-7-8-19-12-6-5-11(13(16)14(17)18)9-3-1-2-4-10(9)12;;/h3-8H,2,9-10H2,1H3;1-6H,7-8H2,(H,17,18);;1H2/q;;+1;/p-1. The fourth-order valence-corrected chi connectivity index (χ4v) is 4.06. The number of aliphatic carboxylic acids is 1. The summed E-state index contributed by atoms with van der Waals surface area (Å²) in [6.07, 6.45) is 0. The number of hydrogen-bond acceptors (Lipinski definition) is 8. The molecule has 4 rings (SSSR count). The molecule has 0 fully saturated rings. The first kappa shape index (κ1) is 36.8. The third-order valence-corrected chi connectivity index (χ3v) is 5.89. The number of carbonyl (C=O) groups excluding carboxylic acids is 3. The Bertz CT molecular complexity index is 1540. The van der Waals surface area contributed by atoms with E-state index in [4.69, 9.17) is 42.5 Å². The van der Waals surface area contributed by atoms with Crippen LogP contribution in [0.5, 0.6) is 11.5 Å². The van der Waals surface area contributed by atoms with Crippen molar-refractivity contribution in [2.75, 3.05) is 31.6 Å². The number of ketones is 2. The van der Waals surface area contributed by atoms with E-state index in [-0.39, 0.29) is 47.2 Å². The molecule has 2 N–H and O–H groups in total. The first-order valence-corrected chi connectivity index (χ1v) is 13.3. The first-order valence-electron chi connectivity index (χ1n) is 12.2. The summed E-state index contributed by atoms with van der Waals surface area (Å²) in [5, 5.41) is 11.5. The predicted octanol–water partition coefficient (Wildman–Crippen LogP) is 2.76. The summed E-state index contributed by atoms with van der Waals surface area (Å²) in [6.45, 7) is 2.54. The Morgan fingerprint density at radius 2 is 1.07 bits per heavy atom. The van der Waals surface area contributed by atoms with Crippen LogP contribution in [-0.2, 0) is 14.3 Å². The van der Waals surface area contributed by atoms with E-state index < -0.39 is 23.5 Å². The molecule has 0 amide bonds. The SMILES string of the molecule is CCOC(=O)C(=O)c1ccc(OCCCl)c2ccccc12.O=C(O)C(=O)c1ccc(OCCCl)c2ccccc12.[Na+].[OH-]. The molecule has 9 nitrogen and oxygen atoms in total. The number of Topliss-reactive ketones (excluding diaryl/α,β-unsaturated/α-hetero) is 2. The van der Waals surface area contributed by atoms with Gasteiger partial charge in [0.25, 0.3) is 11.6 Å². The van der Waals surface area contributed by atoms with Gasteiger partial charge in [0.2, 0.25) is 0 Å². The van der Waals surface area contributed by atoms with Gasteiger partial charge < -0.3 is 24.8 Å². The van der Waals surface area contributed by atoms with E-state index in [0.29, 0.717) is 58.2 Å². The Hall–Kier alpha value is -3.18. The second-order valence-electron chi connectivity index (χ2n) is 8.07. The average Bonchev–Trinajstić information content (AvgIpc) is 2.98. The fourth-order valence-electron chi connectivity index (χ4n) is 3.91. The summed E-state index contributed by atoms with van der Waals surface area (Å²) in [5.74, 6) is -1.97. The van der Waals surface area contributed by atoms with Gasteiger partial charge >= 0.3 is 41.5 Å². The number of ether oxygens (including phenoxy) is 3. The smallest absolute Gasteiger partial charge is 0.870 e. The Morgan fingerprint density at radius 3 is 1.45 bits per heavy atom. The van der Waals surface area contributed by atoms with E-state index in [1.54, 1.807) is 61.5 Å². The third-order valence-electron chi connectivity index (χ3n) is 5.58. The van der Waals surface area contributed by atoms with Crippen molar-refractivity contribution in [3.63, 3.8) is 0 Å². The summed E-state index contributed by atoms with van der Waals surface area (Å²) in [7, 11) is 0. The number of alkyl halides is 2. The number of carboxylic acids is 1. The van der Waals surface area contributed by atoms with Gasteiger partial charge in [-0.25, -0.2) is 9.59 Å². The number of hydrogen-bond donors (Lipinski definition) is 1. The molecule has 0 aromatic heterocycles. The summed E-state index contributed by atoms with van der Waals surface area (Å²) in [5.41, 5.74) is 0.462. The maximum atomic E-state index is 12.1. The van der Waals surface area contributed by atoms with E-state index in [0.717, 1.165) is 5.39 Å². The van der Waals surface area contributed by atoms with Gasteiger partial charge in [0.05, 0.1) is 18.4 Å². The summed E-state index contributed by atoms with van der Waals surface area (Å²) < 4.78 is 15.8. The van der Waals surface area contributed by atoms with Crippen LogP contribution in [0.4, 0.5) is 0 Å². The first-order chi connectivity index (χ1) is 19.3. The fraction of sp³-hybridized carbons (Fsp3) is 0.200. The molecule has 12 heteroatoms. The number of carbonyl (C=O) groups is 4. The Morgan fingerprint density at radius 1 is 0.667 bits per heavy atom. The maximum Gasteiger partial charge on any atom is 1.00 e. The molecule has 0 spiro atoms. The molecule has 0 aliphatic carbocycles. The van der Waals surface area contributed by atoms with Crippen molar-refractivity contribution in [1.29, 1.82) is 0 Å². The molecule has 4 aromatic rings. The minimum absolute atomic E-state index is 0. The van der Waals surface area contributed by atoms with Gasteiger partial charge in [0.1, 0.15) is 24.7 Å². The van der Waals surface area contributed by atoms with Gasteiger partial charge in [-0.15, -0.1) is 23.2 Å². The average molecular weight is 625 g/mol. The monoisotopic (exact) mass is 624 g/mol. The molecule has 0 saturated carbocycles. The van der Waals surface area contributed by atoms with Crippen molar-refractivity contribution in [1.82, 2.24) is 0 Å². The van der Waals surface area contributed by atoms with E-state index in [2.05, 4.69) is 0 Å². The quantitative estimate of drug-likeness (QED) is 0.0874. The van der Waals surface area contributed by atoms with Crippen molar-refractivity contribution in [2.45, 2.75) is 6.92 Å². The van der Waals surface area contributed by atoms with Crippen molar-refractivity contribution in [3.05, 3.63) is 83.9 Å². The minimum Gasteiger partial charge on any atom is -0.870 e. The molecule has 216 valence electrons. The Labute approximate surface area is 274 Å². The van der Waals surface area contributed by atoms with E-state index in [9.17, 15) is 19.2 Å². The molecule has 0 radical (unpaired) electrons. The second kappa shape index (κ2) is 18.4. The number of halogens is 2. The topological polar surface area (TPSA) is 146 Å². The maximum absolute atomic E-state index is 12.1. The van der Waals surface area contributed by atoms with Crippen LogP contribution < -0.4 is 39.0 Å². The summed E-state index contributed by atoms with van der Waals surface area (Å²) in [4.78, 5) is 46.2. The van der Waals surface area contributed by atoms with Gasteiger partial charge in [-0.1, -0.05) is 48.5 Å². The molecular formula is C30H27Cl2NaO9. The van der Waals surface area contributed by atoms with Gasteiger partial charge in [-0.3, -0.25) is 9.59 Å². The molecule has 42 heavy (non-hydrogen) atoms. The van der Waals surface area contributed by atoms with Gasteiger partial charge in [0, 0.05) is 21.9 Å². The Kier molecular flexibility index (Phi) is 16.1. The molecule has 4 aromatic carbocycles. The number of benzene rings is 4. The number of esters is 1. The molecule has 0 saturated heterocycles. The molecule has 0 atom stereocenters. The van der Waals surface area contributed by atoms with Crippen LogP contribution in [0.3, 0.4) is 0 Å². The summed E-state index contributed by atoms with van der Waals surface area (Å²) in [6, 6.07) is 20.5. The van der Waals surface area contributed by atoms with Crippen molar-refractivity contribution < 1.29 is 73.5 Å². The molecule has 0 unspecified atom stereocenters. The van der Waals surface area contributed by atoms with Crippen LogP contribution in [0.15, 0.2) is 72.8 Å². The number of rotatable bonds is 11. The molecule has 0 aliphatic heterocycles. The van der Waals surface area contributed by atoms with Gasteiger partial charge in [-0.2, -0.15) is 0 Å². The van der Waals surface area contributed by atoms with Crippen LogP contribution >= 0.6 is 23.2 Å². The molecule has 0 heterocycles. The van der Waals surface area contributed by atoms with Crippen LogP contribution in [-0.4, -0.2) is 65.7 Å². The zero-order valence-corrected chi connectivity index (χ0v) is 26.5. The van der Waals surface area contributed by atoms with Crippen molar-refractivity contribution >= 4 is 68.3 Å². The van der Waals surface area contributed by atoms with Crippen molar-refractivity contribution in [2.24, 2.45) is 0 Å². The number of carboxylic acid groups (broad SMARTS) is 1. The van der Waals surface area contributed by atoms with Crippen LogP contribution in [0.2, 0.25) is 0 Å². The summed E-state index contributed by atoms with van der Waals surface area (Å²) >= 11 is 11.2. The molecular weight excluding hydrogens is 598 g/mol. The Balaban J connectivity index is 0.000000403. The largest absolute Gasteiger partial charge is 1.00 e. The van der Waals surface area contributed by atoms with E-state index in [1.807, 2.05) is 12.1 Å². The van der Waals surface area contributed by atoms with Gasteiger partial charge in [0.15, 0.2) is 0 Å². The second-order valence-corrected chi connectivity index (χ2v) is 8.83. The van der Waals surface area contributed by atoms with Crippen LogP contribution in [0.1, 0.15) is 27.6 Å². The third kappa shape index (κ3) is 9.16. The van der Waals surface area contributed by atoms with Gasteiger partial charge in [-0.05, 0) is 42.0 Å². The zero-order valence-electron chi connectivity index (χ0n) is 23.0.